The number of hydrogen-bond donors (Lipinski definition) is 2. The lowest BCUT2D eigenvalue weighted by Gasteiger charge is -2.11. The van der Waals surface area contributed by atoms with Crippen molar-refractivity contribution in [1.82, 2.24) is 5.32 Å². The third-order valence-corrected chi connectivity index (χ3v) is 3.48. The molecule has 0 amide bonds. The summed E-state index contributed by atoms with van der Waals surface area (Å²) in [7, 11) is 0. The Morgan fingerprint density at radius 1 is 1.53 bits per heavy atom. The van der Waals surface area contributed by atoms with Crippen LogP contribution >= 0.6 is 11.8 Å². The topological polar surface area (TPSA) is 49.3 Å². The third kappa shape index (κ3) is 2.13. The van der Waals surface area contributed by atoms with E-state index in [1.807, 2.05) is 0 Å². The molecule has 1 saturated heterocycles. The van der Waals surface area contributed by atoms with Gasteiger partial charge < -0.3 is 5.11 Å². The second-order valence-electron chi connectivity index (χ2n) is 3.29. The second kappa shape index (κ2) is 4.20. The van der Waals surface area contributed by atoms with Gasteiger partial charge in [0.1, 0.15) is 5.82 Å². The van der Waals surface area contributed by atoms with E-state index in [0.29, 0.717) is 11.3 Å². The number of carboxylic acids is 1. The van der Waals surface area contributed by atoms with Crippen LogP contribution in [0.3, 0.4) is 0 Å². The molecule has 0 saturated carbocycles. The van der Waals surface area contributed by atoms with E-state index in [1.54, 1.807) is 18.2 Å². The van der Waals surface area contributed by atoms with Crippen LogP contribution in [0.25, 0.3) is 0 Å². The van der Waals surface area contributed by atoms with Gasteiger partial charge in [-0.2, -0.15) is 0 Å². The number of benzene rings is 1. The first-order chi connectivity index (χ1) is 7.18. The van der Waals surface area contributed by atoms with Gasteiger partial charge in [0.25, 0.3) is 0 Å². The number of halogens is 1. The predicted molar refractivity (Wildman–Crippen MR) is 56.2 cm³/mol. The Morgan fingerprint density at radius 2 is 2.27 bits per heavy atom. The summed E-state index contributed by atoms with van der Waals surface area (Å²) in [4.78, 5) is 10.7. The van der Waals surface area contributed by atoms with Crippen molar-refractivity contribution < 1.29 is 14.3 Å². The van der Waals surface area contributed by atoms with E-state index in [-0.39, 0.29) is 11.9 Å². The van der Waals surface area contributed by atoms with Gasteiger partial charge in [0.15, 0.2) is 5.37 Å². The molecule has 0 aromatic heterocycles. The molecule has 80 valence electrons. The van der Waals surface area contributed by atoms with Gasteiger partial charge >= 0.3 is 5.97 Å². The molecule has 2 unspecified atom stereocenters. The summed E-state index contributed by atoms with van der Waals surface area (Å²) in [5.41, 5.74) is 0.536. The number of rotatable bonds is 2. The second-order valence-corrected chi connectivity index (χ2v) is 4.43. The first-order valence-electron chi connectivity index (χ1n) is 4.53. The zero-order valence-electron chi connectivity index (χ0n) is 7.81. The van der Waals surface area contributed by atoms with Gasteiger partial charge in [0.05, 0.1) is 0 Å². The molecule has 1 heterocycles. The fraction of sp³-hybridized carbons (Fsp3) is 0.300. The van der Waals surface area contributed by atoms with Crippen molar-refractivity contribution >= 4 is 17.7 Å². The normalized spacial score (nSPS) is 25.4. The summed E-state index contributed by atoms with van der Waals surface area (Å²) in [5.74, 6) is -0.613. The van der Waals surface area contributed by atoms with E-state index in [1.165, 1.54) is 17.8 Å². The Balaban J connectivity index is 2.14. The molecule has 1 aromatic carbocycles. The van der Waals surface area contributed by atoms with Gasteiger partial charge in [-0.1, -0.05) is 18.2 Å². The van der Waals surface area contributed by atoms with Gasteiger partial charge in [-0.25, -0.2) is 9.18 Å². The van der Waals surface area contributed by atoms with Crippen molar-refractivity contribution in [3.05, 3.63) is 35.6 Å². The molecule has 0 aliphatic carbocycles. The molecular weight excluding hydrogens is 217 g/mol. The van der Waals surface area contributed by atoms with Crippen molar-refractivity contribution in [2.45, 2.75) is 11.4 Å². The average molecular weight is 227 g/mol. The minimum Gasteiger partial charge on any atom is -0.479 e. The minimum absolute atomic E-state index is 0.211. The van der Waals surface area contributed by atoms with E-state index in [0.717, 1.165) is 0 Å². The maximum Gasteiger partial charge on any atom is 0.331 e. The molecule has 5 heteroatoms. The molecule has 2 rings (SSSR count). The summed E-state index contributed by atoms with van der Waals surface area (Å²) in [6.07, 6.45) is 0. The molecule has 2 N–H and O–H groups in total. The molecule has 2 atom stereocenters. The van der Waals surface area contributed by atoms with Crippen molar-refractivity contribution in [3.63, 3.8) is 0 Å². The van der Waals surface area contributed by atoms with Crippen molar-refractivity contribution in [3.8, 4) is 0 Å². The number of hydrogen-bond acceptors (Lipinski definition) is 3. The van der Waals surface area contributed by atoms with Crippen molar-refractivity contribution in [2.75, 3.05) is 5.75 Å². The number of thioether (sulfide) groups is 1. The molecule has 1 aliphatic rings. The first-order valence-corrected chi connectivity index (χ1v) is 5.58. The van der Waals surface area contributed by atoms with Crippen LogP contribution in [-0.2, 0) is 4.79 Å². The van der Waals surface area contributed by atoms with Crippen LogP contribution in [-0.4, -0.2) is 22.2 Å². The van der Waals surface area contributed by atoms with Crippen LogP contribution in [0.5, 0.6) is 0 Å². The van der Waals surface area contributed by atoms with Gasteiger partial charge in [0.2, 0.25) is 0 Å². The van der Waals surface area contributed by atoms with E-state index < -0.39 is 11.3 Å². The number of carbonyl (C=O) groups is 1. The first kappa shape index (κ1) is 10.4. The van der Waals surface area contributed by atoms with Crippen LogP contribution in [0.4, 0.5) is 4.39 Å². The molecule has 0 spiro atoms. The fourth-order valence-corrected chi connectivity index (χ4v) is 2.61. The maximum atomic E-state index is 13.4. The smallest absolute Gasteiger partial charge is 0.331 e. The third-order valence-electron chi connectivity index (χ3n) is 2.29. The highest BCUT2D eigenvalue weighted by Crippen LogP contribution is 2.30. The fourth-order valence-electron chi connectivity index (χ4n) is 1.55. The lowest BCUT2D eigenvalue weighted by atomic mass is 10.1. The number of carboxylic acid groups (broad SMARTS) is 1. The standard InChI is InChI=1S/C10H10FNO2S/c11-7-4-2-1-3-6(7)8-5-15-9(12-8)10(13)14/h1-4,8-9,12H,5H2,(H,13,14). The van der Waals surface area contributed by atoms with E-state index in [9.17, 15) is 9.18 Å². The van der Waals surface area contributed by atoms with Crippen LogP contribution in [0.1, 0.15) is 11.6 Å². The van der Waals surface area contributed by atoms with Gasteiger partial charge in [-0.05, 0) is 6.07 Å². The molecular formula is C10H10FNO2S. The van der Waals surface area contributed by atoms with Crippen LogP contribution < -0.4 is 5.32 Å². The van der Waals surface area contributed by atoms with E-state index in [2.05, 4.69) is 5.32 Å². The Morgan fingerprint density at radius 3 is 2.87 bits per heavy atom. The Bertz CT molecular complexity index is 385. The maximum absolute atomic E-state index is 13.4. The predicted octanol–water partition coefficient (Wildman–Crippen LogP) is 1.61. The Kier molecular flexibility index (Phi) is 2.93. The van der Waals surface area contributed by atoms with Crippen LogP contribution in [0.15, 0.2) is 24.3 Å². The Labute approximate surface area is 90.7 Å². The zero-order chi connectivity index (χ0) is 10.8. The quantitative estimate of drug-likeness (QED) is 0.806. The van der Waals surface area contributed by atoms with E-state index >= 15 is 0 Å². The van der Waals surface area contributed by atoms with Crippen molar-refractivity contribution in [1.29, 1.82) is 0 Å². The van der Waals surface area contributed by atoms with Crippen molar-refractivity contribution in [2.24, 2.45) is 0 Å². The molecule has 0 radical (unpaired) electrons. The molecule has 15 heavy (non-hydrogen) atoms. The van der Waals surface area contributed by atoms with Crippen LogP contribution in [0, 0.1) is 5.82 Å². The summed E-state index contributed by atoms with van der Waals surface area (Å²) in [6, 6.07) is 6.22. The number of nitrogens with one attached hydrogen (secondary N) is 1. The zero-order valence-corrected chi connectivity index (χ0v) is 8.63. The average Bonchev–Trinajstić information content (AvgIpc) is 2.67. The summed E-state index contributed by atoms with van der Waals surface area (Å²) in [6.45, 7) is 0. The SMILES string of the molecule is O=C(O)C1NC(c2ccccc2F)CS1. The molecule has 1 aromatic rings. The molecule has 0 bridgehead atoms. The molecule has 3 nitrogen and oxygen atoms in total. The highest BCUT2D eigenvalue weighted by molar-refractivity contribution is 8.00. The highest BCUT2D eigenvalue weighted by atomic mass is 32.2. The van der Waals surface area contributed by atoms with Crippen LogP contribution in [0.2, 0.25) is 0 Å². The lowest BCUT2D eigenvalue weighted by Crippen LogP contribution is -2.30. The van der Waals surface area contributed by atoms with Gasteiger partial charge in [-0.3, -0.25) is 5.32 Å². The number of aliphatic carboxylic acids is 1. The van der Waals surface area contributed by atoms with Gasteiger partial charge in [0, 0.05) is 17.4 Å². The molecule has 1 fully saturated rings. The van der Waals surface area contributed by atoms with E-state index in [4.69, 9.17) is 5.11 Å². The van der Waals surface area contributed by atoms with Gasteiger partial charge in [-0.15, -0.1) is 11.8 Å². The Hall–Kier alpha value is -1.07. The minimum atomic E-state index is -0.904. The molecule has 1 aliphatic heterocycles. The summed E-state index contributed by atoms with van der Waals surface area (Å²) in [5, 5.41) is 11.0. The lowest BCUT2D eigenvalue weighted by molar-refractivity contribution is -0.137. The largest absolute Gasteiger partial charge is 0.479 e. The summed E-state index contributed by atoms with van der Waals surface area (Å²) < 4.78 is 13.4. The summed E-state index contributed by atoms with van der Waals surface area (Å²) >= 11 is 1.28. The monoisotopic (exact) mass is 227 g/mol. The highest BCUT2D eigenvalue weighted by Gasteiger charge is 2.31.